The Hall–Kier alpha value is -2.21. The molecule has 3 rings (SSSR count). The molecular formula is C12H9N3O2S. The van der Waals surface area contributed by atoms with Gasteiger partial charge in [0.25, 0.3) is 0 Å². The summed E-state index contributed by atoms with van der Waals surface area (Å²) in [7, 11) is 0. The van der Waals surface area contributed by atoms with Crippen molar-refractivity contribution >= 4 is 33.5 Å². The number of nitrogens with one attached hydrogen (secondary N) is 1. The Morgan fingerprint density at radius 1 is 1.39 bits per heavy atom. The number of anilines is 1. The molecule has 0 bridgehead atoms. The van der Waals surface area contributed by atoms with Crippen molar-refractivity contribution in [3.63, 3.8) is 0 Å². The van der Waals surface area contributed by atoms with E-state index in [4.69, 9.17) is 4.42 Å². The molecule has 0 saturated carbocycles. The number of carbonyl (C=O) groups is 1. The van der Waals surface area contributed by atoms with E-state index in [0.29, 0.717) is 10.7 Å². The summed E-state index contributed by atoms with van der Waals surface area (Å²) in [4.78, 5) is 19.8. The predicted molar refractivity (Wildman–Crippen MR) is 68.5 cm³/mol. The smallest absolute Gasteiger partial charge is 0.230 e. The zero-order chi connectivity index (χ0) is 12.4. The van der Waals surface area contributed by atoms with Gasteiger partial charge in [0.1, 0.15) is 5.52 Å². The van der Waals surface area contributed by atoms with Gasteiger partial charge in [0.2, 0.25) is 5.91 Å². The summed E-state index contributed by atoms with van der Waals surface area (Å²) in [6.45, 7) is 0. The van der Waals surface area contributed by atoms with Crippen LogP contribution in [0.2, 0.25) is 0 Å². The van der Waals surface area contributed by atoms with Gasteiger partial charge in [0.05, 0.1) is 6.42 Å². The Labute approximate surface area is 106 Å². The predicted octanol–water partition coefficient (Wildman–Crippen LogP) is 2.47. The highest BCUT2D eigenvalue weighted by Crippen LogP contribution is 2.16. The molecule has 1 N–H and O–H groups in total. The SMILES string of the molecule is O=C(Cc1ccc2ncoc2c1)Nc1nccs1. The van der Waals surface area contributed by atoms with Gasteiger partial charge in [-0.1, -0.05) is 6.07 Å². The molecule has 1 aromatic carbocycles. The maximum absolute atomic E-state index is 11.8. The third kappa shape index (κ3) is 2.23. The van der Waals surface area contributed by atoms with E-state index < -0.39 is 0 Å². The van der Waals surface area contributed by atoms with Crippen molar-refractivity contribution in [3.8, 4) is 0 Å². The van der Waals surface area contributed by atoms with Crippen LogP contribution in [0.5, 0.6) is 0 Å². The molecule has 6 heteroatoms. The molecule has 0 saturated heterocycles. The average Bonchev–Trinajstić information content (AvgIpc) is 2.98. The van der Waals surface area contributed by atoms with Gasteiger partial charge >= 0.3 is 0 Å². The summed E-state index contributed by atoms with van der Waals surface area (Å²) in [5, 5.41) is 5.16. The van der Waals surface area contributed by atoms with Crippen molar-refractivity contribution in [2.75, 3.05) is 5.32 Å². The number of fused-ring (bicyclic) bond motifs is 1. The fourth-order valence-corrected chi connectivity index (χ4v) is 2.19. The van der Waals surface area contributed by atoms with Crippen molar-refractivity contribution < 1.29 is 9.21 Å². The van der Waals surface area contributed by atoms with Gasteiger partial charge in [-0.25, -0.2) is 9.97 Å². The highest BCUT2D eigenvalue weighted by Gasteiger charge is 2.07. The Bertz CT molecular complexity index is 676. The zero-order valence-corrected chi connectivity index (χ0v) is 10.1. The number of hydrogen-bond acceptors (Lipinski definition) is 5. The summed E-state index contributed by atoms with van der Waals surface area (Å²) >= 11 is 1.39. The molecule has 0 unspecified atom stereocenters. The van der Waals surface area contributed by atoms with Crippen LogP contribution in [-0.4, -0.2) is 15.9 Å². The van der Waals surface area contributed by atoms with Crippen molar-refractivity contribution in [1.29, 1.82) is 0 Å². The lowest BCUT2D eigenvalue weighted by Gasteiger charge is -2.01. The topological polar surface area (TPSA) is 68.0 Å². The van der Waals surface area contributed by atoms with Gasteiger partial charge in [-0.3, -0.25) is 4.79 Å². The van der Waals surface area contributed by atoms with Gasteiger partial charge < -0.3 is 9.73 Å². The largest absolute Gasteiger partial charge is 0.443 e. The number of aromatic nitrogens is 2. The quantitative estimate of drug-likeness (QED) is 0.784. The molecule has 0 fully saturated rings. The number of thiazole rings is 1. The number of nitrogens with zero attached hydrogens (tertiary/aromatic N) is 2. The lowest BCUT2D eigenvalue weighted by molar-refractivity contribution is -0.115. The van der Waals surface area contributed by atoms with Crippen LogP contribution in [0.25, 0.3) is 11.1 Å². The van der Waals surface area contributed by atoms with Crippen LogP contribution in [0.15, 0.2) is 40.6 Å². The monoisotopic (exact) mass is 259 g/mol. The number of rotatable bonds is 3. The standard InChI is InChI=1S/C12H9N3O2S/c16-11(15-12-13-3-4-18-12)6-8-1-2-9-10(5-8)17-7-14-9/h1-5,7H,6H2,(H,13,15,16). The van der Waals surface area contributed by atoms with E-state index in [2.05, 4.69) is 15.3 Å². The molecule has 0 aliphatic rings. The van der Waals surface area contributed by atoms with Gasteiger partial charge in [0, 0.05) is 11.6 Å². The van der Waals surface area contributed by atoms with E-state index in [1.54, 1.807) is 6.20 Å². The molecule has 3 aromatic rings. The first-order valence-electron chi connectivity index (χ1n) is 5.33. The number of oxazole rings is 1. The maximum atomic E-state index is 11.8. The minimum absolute atomic E-state index is 0.0937. The third-order valence-electron chi connectivity index (χ3n) is 2.44. The first kappa shape index (κ1) is 10.9. The summed E-state index contributed by atoms with van der Waals surface area (Å²) < 4.78 is 5.19. The van der Waals surface area contributed by atoms with Gasteiger partial charge in [-0.15, -0.1) is 11.3 Å². The molecule has 2 heterocycles. The normalized spacial score (nSPS) is 10.7. The Balaban J connectivity index is 1.73. The first-order chi connectivity index (χ1) is 8.81. The Morgan fingerprint density at radius 3 is 3.17 bits per heavy atom. The highest BCUT2D eigenvalue weighted by atomic mass is 32.1. The minimum Gasteiger partial charge on any atom is -0.443 e. The van der Waals surface area contributed by atoms with Crippen LogP contribution in [0.4, 0.5) is 5.13 Å². The number of benzene rings is 1. The van der Waals surface area contributed by atoms with Crippen LogP contribution in [0.3, 0.4) is 0 Å². The molecule has 0 atom stereocenters. The summed E-state index contributed by atoms with van der Waals surface area (Å²) in [5.74, 6) is -0.0937. The minimum atomic E-state index is -0.0937. The fraction of sp³-hybridized carbons (Fsp3) is 0.0833. The van der Waals surface area contributed by atoms with Crippen LogP contribution in [-0.2, 0) is 11.2 Å². The zero-order valence-electron chi connectivity index (χ0n) is 9.29. The van der Waals surface area contributed by atoms with Crippen LogP contribution in [0.1, 0.15) is 5.56 Å². The second kappa shape index (κ2) is 4.58. The van der Waals surface area contributed by atoms with E-state index in [9.17, 15) is 4.79 Å². The fourth-order valence-electron chi connectivity index (χ4n) is 1.64. The molecule has 18 heavy (non-hydrogen) atoms. The summed E-state index contributed by atoms with van der Waals surface area (Å²) in [5.41, 5.74) is 2.36. The molecule has 0 spiro atoms. The lowest BCUT2D eigenvalue weighted by atomic mass is 10.1. The van der Waals surface area contributed by atoms with Gasteiger partial charge in [-0.2, -0.15) is 0 Å². The average molecular weight is 259 g/mol. The molecular weight excluding hydrogens is 250 g/mol. The third-order valence-corrected chi connectivity index (χ3v) is 3.13. The molecule has 5 nitrogen and oxygen atoms in total. The highest BCUT2D eigenvalue weighted by molar-refractivity contribution is 7.13. The van der Waals surface area contributed by atoms with E-state index in [0.717, 1.165) is 11.1 Å². The second-order valence-electron chi connectivity index (χ2n) is 3.72. The molecule has 1 amide bonds. The Kier molecular flexibility index (Phi) is 2.77. The van der Waals surface area contributed by atoms with Crippen molar-refractivity contribution in [2.45, 2.75) is 6.42 Å². The van der Waals surface area contributed by atoms with Crippen molar-refractivity contribution in [2.24, 2.45) is 0 Å². The van der Waals surface area contributed by atoms with E-state index in [1.165, 1.54) is 17.7 Å². The first-order valence-corrected chi connectivity index (χ1v) is 6.21. The summed E-state index contributed by atoms with van der Waals surface area (Å²) in [6.07, 6.45) is 3.33. The molecule has 0 aliphatic carbocycles. The molecule has 2 aromatic heterocycles. The van der Waals surface area contributed by atoms with Gasteiger partial charge in [-0.05, 0) is 17.7 Å². The van der Waals surface area contributed by atoms with Crippen LogP contribution in [0, 0.1) is 0 Å². The maximum Gasteiger partial charge on any atom is 0.230 e. The summed E-state index contributed by atoms with van der Waals surface area (Å²) in [6, 6.07) is 5.53. The molecule has 0 aliphatic heterocycles. The van der Waals surface area contributed by atoms with Crippen molar-refractivity contribution in [3.05, 3.63) is 41.7 Å². The van der Waals surface area contributed by atoms with Crippen molar-refractivity contribution in [1.82, 2.24) is 9.97 Å². The number of hydrogen-bond donors (Lipinski definition) is 1. The Morgan fingerprint density at radius 2 is 2.33 bits per heavy atom. The second-order valence-corrected chi connectivity index (χ2v) is 4.61. The van der Waals surface area contributed by atoms with E-state index in [-0.39, 0.29) is 12.3 Å². The lowest BCUT2D eigenvalue weighted by Crippen LogP contribution is -2.14. The molecule has 0 radical (unpaired) electrons. The van der Waals surface area contributed by atoms with Gasteiger partial charge in [0.15, 0.2) is 17.1 Å². The molecule has 90 valence electrons. The van der Waals surface area contributed by atoms with Crippen LogP contribution < -0.4 is 5.32 Å². The van der Waals surface area contributed by atoms with E-state index in [1.807, 2.05) is 23.6 Å². The number of carbonyl (C=O) groups excluding carboxylic acids is 1. The number of amides is 1. The van der Waals surface area contributed by atoms with E-state index >= 15 is 0 Å². The van der Waals surface area contributed by atoms with Crippen LogP contribution >= 0.6 is 11.3 Å².